The third-order valence-electron chi connectivity index (χ3n) is 5.62. The Labute approximate surface area is 196 Å². The monoisotopic (exact) mass is 462 g/mol. The van der Waals surface area contributed by atoms with Crippen molar-refractivity contribution in [2.45, 2.75) is 33.7 Å². The molecule has 1 aliphatic heterocycles. The van der Waals surface area contributed by atoms with Gasteiger partial charge < -0.3 is 23.9 Å². The molecule has 0 unspecified atom stereocenters. The van der Waals surface area contributed by atoms with E-state index in [0.717, 1.165) is 17.1 Å². The van der Waals surface area contributed by atoms with Crippen LogP contribution < -0.4 is 19.5 Å². The van der Waals surface area contributed by atoms with Crippen LogP contribution in [0, 0.1) is 13.8 Å². The van der Waals surface area contributed by atoms with Gasteiger partial charge in [-0.1, -0.05) is 0 Å². The van der Waals surface area contributed by atoms with Crippen molar-refractivity contribution in [3.63, 3.8) is 0 Å². The van der Waals surface area contributed by atoms with Crippen LogP contribution in [0.2, 0.25) is 0 Å². The number of carbonyl (C=O) groups excluding carboxylic acids is 1. The largest absolute Gasteiger partial charge is 0.492 e. The van der Waals surface area contributed by atoms with Gasteiger partial charge in [0.25, 0.3) is 5.91 Å². The van der Waals surface area contributed by atoms with E-state index in [1.54, 1.807) is 24.4 Å². The first-order valence-electron chi connectivity index (χ1n) is 11.2. The van der Waals surface area contributed by atoms with Gasteiger partial charge in [-0.05, 0) is 52.0 Å². The fourth-order valence-corrected chi connectivity index (χ4v) is 4.00. The first-order valence-corrected chi connectivity index (χ1v) is 11.2. The number of benzene rings is 1. The number of ether oxygens (including phenoxy) is 3. The van der Waals surface area contributed by atoms with Gasteiger partial charge in [0.05, 0.1) is 29.4 Å². The number of furan rings is 1. The van der Waals surface area contributed by atoms with E-state index in [0.29, 0.717) is 52.7 Å². The number of hydrogen-bond acceptors (Lipinski definition) is 7. The lowest BCUT2D eigenvalue weighted by Crippen LogP contribution is -2.28. The predicted octanol–water partition coefficient (Wildman–Crippen LogP) is 4.43. The van der Waals surface area contributed by atoms with Crippen molar-refractivity contribution >= 4 is 16.9 Å². The molecule has 0 aliphatic carbocycles. The summed E-state index contributed by atoms with van der Waals surface area (Å²) in [5.74, 6) is 3.32. The van der Waals surface area contributed by atoms with Crippen LogP contribution in [0.1, 0.15) is 41.8 Å². The third kappa shape index (κ3) is 4.05. The minimum atomic E-state index is -0.218. The molecule has 176 valence electrons. The number of nitrogens with one attached hydrogen (secondary N) is 1. The highest BCUT2D eigenvalue weighted by atomic mass is 16.7. The van der Waals surface area contributed by atoms with Crippen molar-refractivity contribution in [3.8, 4) is 28.5 Å². The van der Waals surface area contributed by atoms with Crippen LogP contribution in [0.4, 0.5) is 0 Å². The number of hydrogen-bond donors (Lipinski definition) is 1. The molecule has 9 heteroatoms. The highest BCUT2D eigenvalue weighted by molar-refractivity contribution is 6.06. The minimum absolute atomic E-state index is 0.0958. The van der Waals surface area contributed by atoms with Gasteiger partial charge in [0.15, 0.2) is 17.1 Å². The number of aromatic nitrogens is 3. The average molecular weight is 463 g/mol. The first-order chi connectivity index (χ1) is 16.4. The molecule has 0 radical (unpaired) electrons. The zero-order chi connectivity index (χ0) is 23.8. The zero-order valence-electron chi connectivity index (χ0n) is 19.5. The van der Waals surface area contributed by atoms with Gasteiger partial charge in [0.1, 0.15) is 23.9 Å². The van der Waals surface area contributed by atoms with Crippen LogP contribution in [0.15, 0.2) is 40.9 Å². The molecule has 1 N–H and O–H groups in total. The summed E-state index contributed by atoms with van der Waals surface area (Å²) in [6.45, 7) is 8.68. The summed E-state index contributed by atoms with van der Waals surface area (Å²) in [6, 6.07) is 9.21. The second-order valence-electron chi connectivity index (χ2n) is 8.42. The predicted molar refractivity (Wildman–Crippen MR) is 125 cm³/mol. The third-order valence-corrected chi connectivity index (χ3v) is 5.62. The van der Waals surface area contributed by atoms with Gasteiger partial charge in [-0.15, -0.1) is 0 Å². The molecule has 0 saturated carbocycles. The summed E-state index contributed by atoms with van der Waals surface area (Å²) in [6.07, 6.45) is 1.69. The summed E-state index contributed by atoms with van der Waals surface area (Å²) in [5.41, 5.74) is 2.70. The standard InChI is InChI=1S/C25H26N4O5/c1-14(2)29-24-20(12-27-29)19(11-21(28-24)18-9-15(3)34-16(18)4)25(30)26-7-8-31-17-5-6-22-23(10-17)33-13-32-22/h5-6,9-12,14H,7-8,13H2,1-4H3,(H,26,30). The summed E-state index contributed by atoms with van der Waals surface area (Å²) in [5, 5.41) is 8.11. The molecule has 0 bridgehead atoms. The number of amides is 1. The van der Waals surface area contributed by atoms with Crippen LogP contribution in [0.25, 0.3) is 22.3 Å². The molecule has 34 heavy (non-hydrogen) atoms. The molecule has 9 nitrogen and oxygen atoms in total. The van der Waals surface area contributed by atoms with Crippen molar-refractivity contribution in [2.75, 3.05) is 19.9 Å². The van der Waals surface area contributed by atoms with Crippen LogP contribution in [0.5, 0.6) is 17.2 Å². The van der Waals surface area contributed by atoms with Gasteiger partial charge in [0, 0.05) is 17.7 Å². The second kappa shape index (κ2) is 8.74. The van der Waals surface area contributed by atoms with Crippen LogP contribution >= 0.6 is 0 Å². The molecule has 4 aromatic rings. The molecule has 5 rings (SSSR count). The molecule has 0 atom stereocenters. The van der Waals surface area contributed by atoms with Crippen LogP contribution in [0.3, 0.4) is 0 Å². The fourth-order valence-electron chi connectivity index (χ4n) is 4.00. The summed E-state index contributed by atoms with van der Waals surface area (Å²) < 4.78 is 23.9. The van der Waals surface area contributed by atoms with E-state index in [-0.39, 0.29) is 18.7 Å². The SMILES string of the molecule is Cc1cc(-c2cc(C(=O)NCCOc3ccc4c(c3)OCO4)c3cnn(C(C)C)c3n2)c(C)o1. The lowest BCUT2D eigenvalue weighted by atomic mass is 10.1. The molecule has 3 aromatic heterocycles. The summed E-state index contributed by atoms with van der Waals surface area (Å²) in [4.78, 5) is 18.0. The lowest BCUT2D eigenvalue weighted by Gasteiger charge is -2.11. The topological polar surface area (TPSA) is 101 Å². The van der Waals surface area contributed by atoms with Crippen molar-refractivity contribution in [1.29, 1.82) is 0 Å². The fraction of sp³-hybridized carbons (Fsp3) is 0.320. The molecular formula is C25H26N4O5. The van der Waals surface area contributed by atoms with E-state index in [2.05, 4.69) is 10.4 Å². The average Bonchev–Trinajstić information content (AvgIpc) is 3.53. The number of nitrogens with zero attached hydrogens (tertiary/aromatic N) is 3. The molecule has 0 spiro atoms. The van der Waals surface area contributed by atoms with Crippen molar-refractivity contribution < 1.29 is 23.4 Å². The Bertz CT molecular complexity index is 1370. The highest BCUT2D eigenvalue weighted by Crippen LogP contribution is 2.35. The molecule has 0 saturated heterocycles. The number of carbonyl (C=O) groups is 1. The quantitative estimate of drug-likeness (QED) is 0.406. The summed E-state index contributed by atoms with van der Waals surface area (Å²) >= 11 is 0. The maximum Gasteiger partial charge on any atom is 0.252 e. The van der Waals surface area contributed by atoms with Crippen LogP contribution in [-0.2, 0) is 0 Å². The molecule has 4 heterocycles. The van der Waals surface area contributed by atoms with E-state index < -0.39 is 0 Å². The lowest BCUT2D eigenvalue weighted by molar-refractivity contribution is 0.0948. The van der Waals surface area contributed by atoms with Crippen molar-refractivity contribution in [3.05, 3.63) is 53.6 Å². The molecular weight excluding hydrogens is 436 g/mol. The smallest absolute Gasteiger partial charge is 0.252 e. The summed E-state index contributed by atoms with van der Waals surface area (Å²) in [7, 11) is 0. The second-order valence-corrected chi connectivity index (χ2v) is 8.42. The van der Waals surface area contributed by atoms with Gasteiger partial charge in [-0.3, -0.25) is 4.79 Å². The Kier molecular flexibility index (Phi) is 5.61. The van der Waals surface area contributed by atoms with Crippen molar-refractivity contribution in [2.24, 2.45) is 0 Å². The molecule has 1 aromatic carbocycles. The Morgan fingerprint density at radius 3 is 2.76 bits per heavy atom. The Balaban J connectivity index is 1.36. The minimum Gasteiger partial charge on any atom is -0.492 e. The van der Waals surface area contributed by atoms with E-state index in [4.69, 9.17) is 23.6 Å². The molecule has 0 fully saturated rings. The van der Waals surface area contributed by atoms with Gasteiger partial charge >= 0.3 is 0 Å². The molecule has 1 aliphatic rings. The Morgan fingerprint density at radius 2 is 2.00 bits per heavy atom. The normalized spacial score (nSPS) is 12.5. The number of rotatable bonds is 7. The number of pyridine rings is 1. The molecule has 1 amide bonds. The Hall–Kier alpha value is -4.01. The van der Waals surface area contributed by atoms with Gasteiger partial charge in [-0.2, -0.15) is 5.10 Å². The van der Waals surface area contributed by atoms with E-state index in [1.165, 1.54) is 0 Å². The van der Waals surface area contributed by atoms with Gasteiger partial charge in [-0.25, -0.2) is 9.67 Å². The maximum absolute atomic E-state index is 13.2. The van der Waals surface area contributed by atoms with E-state index in [9.17, 15) is 4.79 Å². The maximum atomic E-state index is 13.2. The first kappa shape index (κ1) is 21.8. The van der Waals surface area contributed by atoms with E-state index in [1.807, 2.05) is 44.5 Å². The van der Waals surface area contributed by atoms with E-state index >= 15 is 0 Å². The zero-order valence-corrected chi connectivity index (χ0v) is 19.5. The Morgan fingerprint density at radius 1 is 1.18 bits per heavy atom. The van der Waals surface area contributed by atoms with Gasteiger partial charge in [0.2, 0.25) is 6.79 Å². The van der Waals surface area contributed by atoms with Crippen LogP contribution in [-0.4, -0.2) is 40.6 Å². The number of fused-ring (bicyclic) bond motifs is 2. The number of aryl methyl sites for hydroxylation is 2. The highest BCUT2D eigenvalue weighted by Gasteiger charge is 2.20. The van der Waals surface area contributed by atoms with Crippen molar-refractivity contribution in [1.82, 2.24) is 20.1 Å².